The van der Waals surface area contributed by atoms with E-state index in [4.69, 9.17) is 5.11 Å². The van der Waals surface area contributed by atoms with Gasteiger partial charge in [0.1, 0.15) is 0 Å². The Balaban J connectivity index is 2.10. The van der Waals surface area contributed by atoms with Crippen molar-refractivity contribution in [3.8, 4) is 0 Å². The molecule has 1 aliphatic carbocycles. The third-order valence-corrected chi connectivity index (χ3v) is 3.01. The maximum Gasteiger partial charge on any atom is 0.315 e. The van der Waals surface area contributed by atoms with E-state index in [1.165, 1.54) is 12.8 Å². The first-order chi connectivity index (χ1) is 8.52. The molecule has 0 aromatic rings. The van der Waals surface area contributed by atoms with E-state index >= 15 is 0 Å². The summed E-state index contributed by atoms with van der Waals surface area (Å²) in [7, 11) is 0. The Hall–Kier alpha value is -1.30. The van der Waals surface area contributed by atoms with Crippen LogP contribution in [0.1, 0.15) is 33.1 Å². The SMILES string of the molecule is CCN(CCNC(=O)NC(C)CC(=O)O)C1CC1. The van der Waals surface area contributed by atoms with Crippen LogP contribution in [0, 0.1) is 0 Å². The number of carboxylic acid groups (broad SMARTS) is 1. The van der Waals surface area contributed by atoms with Gasteiger partial charge in [0.05, 0.1) is 6.42 Å². The second kappa shape index (κ2) is 7.20. The van der Waals surface area contributed by atoms with E-state index in [0.29, 0.717) is 12.6 Å². The molecule has 0 spiro atoms. The molecule has 0 heterocycles. The van der Waals surface area contributed by atoms with Gasteiger partial charge in [0.15, 0.2) is 0 Å². The monoisotopic (exact) mass is 257 g/mol. The van der Waals surface area contributed by atoms with Crippen molar-refractivity contribution in [1.82, 2.24) is 15.5 Å². The maximum absolute atomic E-state index is 11.5. The van der Waals surface area contributed by atoms with E-state index in [0.717, 1.165) is 13.1 Å². The second-order valence-corrected chi connectivity index (χ2v) is 4.76. The molecule has 104 valence electrons. The molecular weight excluding hydrogens is 234 g/mol. The van der Waals surface area contributed by atoms with Crippen LogP contribution in [0.2, 0.25) is 0 Å². The van der Waals surface area contributed by atoms with Crippen molar-refractivity contribution in [3.05, 3.63) is 0 Å². The van der Waals surface area contributed by atoms with Crippen molar-refractivity contribution in [2.24, 2.45) is 0 Å². The summed E-state index contributed by atoms with van der Waals surface area (Å²) < 4.78 is 0. The number of carbonyl (C=O) groups is 2. The molecular formula is C12H23N3O3. The lowest BCUT2D eigenvalue weighted by molar-refractivity contribution is -0.137. The molecule has 0 aromatic carbocycles. The molecule has 1 rings (SSSR count). The Morgan fingerprint density at radius 2 is 2.11 bits per heavy atom. The highest BCUT2D eigenvalue weighted by molar-refractivity contribution is 5.75. The first-order valence-corrected chi connectivity index (χ1v) is 6.53. The molecule has 6 nitrogen and oxygen atoms in total. The van der Waals surface area contributed by atoms with Gasteiger partial charge in [-0.1, -0.05) is 6.92 Å². The van der Waals surface area contributed by atoms with Gasteiger partial charge in [-0.25, -0.2) is 4.79 Å². The van der Waals surface area contributed by atoms with Crippen molar-refractivity contribution in [1.29, 1.82) is 0 Å². The quantitative estimate of drug-likeness (QED) is 0.596. The van der Waals surface area contributed by atoms with Gasteiger partial charge in [-0.2, -0.15) is 0 Å². The highest BCUT2D eigenvalue weighted by Crippen LogP contribution is 2.25. The molecule has 1 unspecified atom stereocenters. The predicted octanol–water partition coefficient (Wildman–Crippen LogP) is 0.633. The van der Waals surface area contributed by atoms with Crippen LogP contribution in [0.25, 0.3) is 0 Å². The van der Waals surface area contributed by atoms with Gasteiger partial charge in [0.25, 0.3) is 0 Å². The van der Waals surface area contributed by atoms with E-state index < -0.39 is 5.97 Å². The zero-order valence-corrected chi connectivity index (χ0v) is 11.1. The highest BCUT2D eigenvalue weighted by Gasteiger charge is 2.27. The maximum atomic E-state index is 11.5. The molecule has 1 atom stereocenters. The Bertz CT molecular complexity index is 292. The third kappa shape index (κ3) is 5.86. The highest BCUT2D eigenvalue weighted by atomic mass is 16.4. The number of likely N-dealkylation sites (N-methyl/N-ethyl adjacent to an activating group) is 1. The molecule has 0 radical (unpaired) electrons. The smallest absolute Gasteiger partial charge is 0.315 e. The van der Waals surface area contributed by atoms with Crippen LogP contribution in [0.3, 0.4) is 0 Å². The van der Waals surface area contributed by atoms with E-state index in [9.17, 15) is 9.59 Å². The molecule has 2 amide bonds. The van der Waals surface area contributed by atoms with Crippen LogP contribution in [0.4, 0.5) is 4.79 Å². The number of aliphatic carboxylic acids is 1. The van der Waals surface area contributed by atoms with Gasteiger partial charge in [0.2, 0.25) is 0 Å². The lowest BCUT2D eigenvalue weighted by Crippen LogP contribution is -2.44. The molecule has 0 bridgehead atoms. The van der Waals surface area contributed by atoms with Gasteiger partial charge in [-0.05, 0) is 26.3 Å². The second-order valence-electron chi connectivity index (χ2n) is 4.76. The number of carboxylic acids is 1. The van der Waals surface area contributed by atoms with Crippen LogP contribution in [0.5, 0.6) is 0 Å². The van der Waals surface area contributed by atoms with Crippen molar-refractivity contribution in [3.63, 3.8) is 0 Å². The predicted molar refractivity (Wildman–Crippen MR) is 68.5 cm³/mol. The lowest BCUT2D eigenvalue weighted by atomic mass is 10.2. The van der Waals surface area contributed by atoms with Crippen molar-refractivity contribution < 1.29 is 14.7 Å². The number of rotatable bonds is 8. The minimum absolute atomic E-state index is 0.0589. The number of urea groups is 1. The summed E-state index contributed by atoms with van der Waals surface area (Å²) in [4.78, 5) is 24.2. The van der Waals surface area contributed by atoms with Gasteiger partial charge in [0, 0.05) is 25.2 Å². The van der Waals surface area contributed by atoms with Gasteiger partial charge < -0.3 is 15.7 Å². The summed E-state index contributed by atoms with van der Waals surface area (Å²) in [6, 6.07) is 0.0506. The number of carbonyl (C=O) groups excluding carboxylic acids is 1. The molecule has 1 aliphatic rings. The first kappa shape index (κ1) is 14.8. The number of hydrogen-bond acceptors (Lipinski definition) is 3. The van der Waals surface area contributed by atoms with E-state index in [2.05, 4.69) is 22.5 Å². The zero-order chi connectivity index (χ0) is 13.5. The molecule has 6 heteroatoms. The number of hydrogen-bond donors (Lipinski definition) is 3. The lowest BCUT2D eigenvalue weighted by Gasteiger charge is -2.20. The Labute approximate surface area is 108 Å². The van der Waals surface area contributed by atoms with Gasteiger partial charge >= 0.3 is 12.0 Å². The average molecular weight is 257 g/mol. The molecule has 0 saturated heterocycles. The van der Waals surface area contributed by atoms with E-state index in [1.54, 1.807) is 6.92 Å². The summed E-state index contributed by atoms with van der Waals surface area (Å²) >= 11 is 0. The molecule has 1 fully saturated rings. The standard InChI is InChI=1S/C12H23N3O3/c1-3-15(10-4-5-10)7-6-13-12(18)14-9(2)8-11(16)17/h9-10H,3-8H2,1-2H3,(H,16,17)(H2,13,14,18). The number of nitrogens with zero attached hydrogens (tertiary/aromatic N) is 1. The van der Waals surface area contributed by atoms with Crippen molar-refractivity contribution in [2.75, 3.05) is 19.6 Å². The van der Waals surface area contributed by atoms with E-state index in [-0.39, 0.29) is 18.5 Å². The van der Waals surface area contributed by atoms with Gasteiger partial charge in [-0.15, -0.1) is 0 Å². The fraction of sp³-hybridized carbons (Fsp3) is 0.833. The number of nitrogens with one attached hydrogen (secondary N) is 2. The van der Waals surface area contributed by atoms with Crippen LogP contribution in [-0.4, -0.2) is 53.7 Å². The minimum atomic E-state index is -0.909. The average Bonchev–Trinajstić information content (AvgIpc) is 3.06. The molecule has 18 heavy (non-hydrogen) atoms. The molecule has 0 aliphatic heterocycles. The fourth-order valence-corrected chi connectivity index (χ4v) is 1.94. The van der Waals surface area contributed by atoms with Crippen LogP contribution >= 0.6 is 0 Å². The first-order valence-electron chi connectivity index (χ1n) is 6.53. The Kier molecular flexibility index (Phi) is 5.91. The Morgan fingerprint density at radius 1 is 1.44 bits per heavy atom. The van der Waals surface area contributed by atoms with Crippen molar-refractivity contribution >= 4 is 12.0 Å². The van der Waals surface area contributed by atoms with Crippen LogP contribution in [0.15, 0.2) is 0 Å². The normalized spacial score (nSPS) is 16.4. The van der Waals surface area contributed by atoms with Crippen LogP contribution < -0.4 is 10.6 Å². The summed E-state index contributed by atoms with van der Waals surface area (Å²) in [6.07, 6.45) is 2.46. The molecule has 0 aromatic heterocycles. The summed E-state index contributed by atoms with van der Waals surface area (Å²) in [5, 5.41) is 13.9. The van der Waals surface area contributed by atoms with Gasteiger partial charge in [-0.3, -0.25) is 9.69 Å². The third-order valence-electron chi connectivity index (χ3n) is 3.01. The van der Waals surface area contributed by atoms with Crippen molar-refractivity contribution in [2.45, 2.75) is 45.2 Å². The number of amides is 2. The summed E-state index contributed by atoms with van der Waals surface area (Å²) in [5.74, 6) is -0.909. The minimum Gasteiger partial charge on any atom is -0.481 e. The summed E-state index contributed by atoms with van der Waals surface area (Å²) in [6.45, 7) is 6.24. The zero-order valence-electron chi connectivity index (χ0n) is 11.1. The molecule has 1 saturated carbocycles. The Morgan fingerprint density at radius 3 is 2.61 bits per heavy atom. The molecule has 3 N–H and O–H groups in total. The topological polar surface area (TPSA) is 81.7 Å². The van der Waals surface area contributed by atoms with Crippen LogP contribution in [-0.2, 0) is 4.79 Å². The fourth-order valence-electron chi connectivity index (χ4n) is 1.94. The largest absolute Gasteiger partial charge is 0.481 e. The van der Waals surface area contributed by atoms with E-state index in [1.807, 2.05) is 0 Å². The summed E-state index contributed by atoms with van der Waals surface area (Å²) in [5.41, 5.74) is 0.